The molecule has 0 spiro atoms. The van der Waals surface area contributed by atoms with Crippen LogP contribution in [0.15, 0.2) is 48.5 Å². The van der Waals surface area contributed by atoms with E-state index >= 15 is 0 Å². The van der Waals surface area contributed by atoms with Gasteiger partial charge in [-0.25, -0.2) is 4.98 Å². The Bertz CT molecular complexity index is 659. The van der Waals surface area contributed by atoms with Crippen molar-refractivity contribution >= 4 is 17.6 Å². The molecule has 0 aliphatic carbocycles. The number of para-hydroxylation sites is 1. The first-order valence-electron chi connectivity index (χ1n) is 7.31. The highest BCUT2D eigenvalue weighted by Crippen LogP contribution is 2.07. The van der Waals surface area contributed by atoms with Crippen LogP contribution in [-0.4, -0.2) is 29.9 Å². The van der Waals surface area contributed by atoms with Crippen LogP contribution in [0.2, 0.25) is 0 Å². The van der Waals surface area contributed by atoms with Gasteiger partial charge in [-0.2, -0.15) is 0 Å². The van der Waals surface area contributed by atoms with Crippen molar-refractivity contribution in [3.05, 3.63) is 54.2 Å². The Morgan fingerprint density at radius 1 is 1.04 bits per heavy atom. The zero-order chi connectivity index (χ0) is 16.5. The Kier molecular flexibility index (Phi) is 6.11. The fourth-order valence-electron chi connectivity index (χ4n) is 1.85. The number of rotatable bonds is 7. The number of hydrogen-bond acceptors (Lipinski definition) is 4. The van der Waals surface area contributed by atoms with Gasteiger partial charge in [0, 0.05) is 18.7 Å². The standard InChI is InChI=1S/C17H19N3O3/c1-13-6-5-9-15(19-13)20-16(21)10-11-18-17(22)12-23-14-7-3-2-4-8-14/h2-9H,10-12H2,1H3,(H,18,22)(H,19,20,21). The van der Waals surface area contributed by atoms with E-state index in [2.05, 4.69) is 15.6 Å². The van der Waals surface area contributed by atoms with E-state index in [1.165, 1.54) is 0 Å². The van der Waals surface area contributed by atoms with E-state index in [-0.39, 0.29) is 31.4 Å². The van der Waals surface area contributed by atoms with E-state index in [9.17, 15) is 9.59 Å². The fraction of sp³-hybridized carbons (Fsp3) is 0.235. The normalized spacial score (nSPS) is 9.96. The highest BCUT2D eigenvalue weighted by Gasteiger charge is 2.06. The van der Waals surface area contributed by atoms with Crippen LogP contribution < -0.4 is 15.4 Å². The number of benzene rings is 1. The van der Waals surface area contributed by atoms with Crippen molar-refractivity contribution in [2.24, 2.45) is 0 Å². The Hall–Kier alpha value is -2.89. The summed E-state index contributed by atoms with van der Waals surface area (Å²) in [6.45, 7) is 2.02. The first-order chi connectivity index (χ1) is 11.1. The van der Waals surface area contributed by atoms with Crippen molar-refractivity contribution in [3.8, 4) is 5.75 Å². The smallest absolute Gasteiger partial charge is 0.257 e. The van der Waals surface area contributed by atoms with Crippen molar-refractivity contribution in [1.29, 1.82) is 0 Å². The summed E-state index contributed by atoms with van der Waals surface area (Å²) >= 11 is 0. The number of aryl methyl sites for hydroxylation is 1. The number of pyridine rings is 1. The molecule has 1 aromatic carbocycles. The maximum absolute atomic E-state index is 11.8. The fourth-order valence-corrected chi connectivity index (χ4v) is 1.85. The summed E-state index contributed by atoms with van der Waals surface area (Å²) in [6.07, 6.45) is 0.173. The Balaban J connectivity index is 1.64. The third-order valence-corrected chi connectivity index (χ3v) is 2.94. The molecule has 6 heteroatoms. The maximum Gasteiger partial charge on any atom is 0.257 e. The summed E-state index contributed by atoms with van der Waals surface area (Å²) in [5.74, 6) is 0.669. The van der Waals surface area contributed by atoms with Crippen molar-refractivity contribution in [2.45, 2.75) is 13.3 Å². The third kappa shape index (κ3) is 6.17. The van der Waals surface area contributed by atoms with Crippen LogP contribution in [0.3, 0.4) is 0 Å². The number of hydrogen-bond donors (Lipinski definition) is 2. The molecule has 0 bridgehead atoms. The monoisotopic (exact) mass is 313 g/mol. The van der Waals surface area contributed by atoms with Gasteiger partial charge < -0.3 is 15.4 Å². The zero-order valence-corrected chi connectivity index (χ0v) is 12.9. The minimum absolute atomic E-state index is 0.0783. The van der Waals surface area contributed by atoms with Gasteiger partial charge in [-0.3, -0.25) is 9.59 Å². The molecule has 0 fully saturated rings. The van der Waals surface area contributed by atoms with Crippen LogP contribution in [0.25, 0.3) is 0 Å². The van der Waals surface area contributed by atoms with Gasteiger partial charge in [0.1, 0.15) is 11.6 Å². The molecule has 23 heavy (non-hydrogen) atoms. The quantitative estimate of drug-likeness (QED) is 0.818. The topological polar surface area (TPSA) is 80.3 Å². The predicted octanol–water partition coefficient (Wildman–Crippen LogP) is 1.91. The van der Waals surface area contributed by atoms with Crippen molar-refractivity contribution in [2.75, 3.05) is 18.5 Å². The largest absolute Gasteiger partial charge is 0.484 e. The van der Waals surface area contributed by atoms with Gasteiger partial charge in [0.15, 0.2) is 6.61 Å². The van der Waals surface area contributed by atoms with Crippen LogP contribution in [0.5, 0.6) is 5.75 Å². The molecule has 1 aromatic heterocycles. The highest BCUT2D eigenvalue weighted by molar-refractivity contribution is 5.90. The molecule has 0 unspecified atom stereocenters. The minimum Gasteiger partial charge on any atom is -0.484 e. The van der Waals surface area contributed by atoms with Gasteiger partial charge in [-0.15, -0.1) is 0 Å². The first kappa shape index (κ1) is 16.5. The van der Waals surface area contributed by atoms with E-state index in [1.807, 2.05) is 37.3 Å². The Morgan fingerprint density at radius 2 is 1.83 bits per heavy atom. The summed E-state index contributed by atoms with van der Waals surface area (Å²) in [5, 5.41) is 5.32. The van der Waals surface area contributed by atoms with Crippen LogP contribution in [0, 0.1) is 6.92 Å². The minimum atomic E-state index is -0.268. The van der Waals surface area contributed by atoms with Crippen molar-refractivity contribution < 1.29 is 14.3 Å². The molecule has 2 rings (SSSR count). The average molecular weight is 313 g/mol. The average Bonchev–Trinajstić information content (AvgIpc) is 2.54. The van der Waals surface area contributed by atoms with Crippen LogP contribution in [0.1, 0.15) is 12.1 Å². The van der Waals surface area contributed by atoms with E-state index in [0.29, 0.717) is 11.6 Å². The molecule has 2 N–H and O–H groups in total. The summed E-state index contributed by atoms with van der Waals surface area (Å²) in [5.41, 5.74) is 0.828. The number of ether oxygens (including phenoxy) is 1. The maximum atomic E-state index is 11.8. The van der Waals surface area contributed by atoms with E-state index < -0.39 is 0 Å². The number of anilines is 1. The van der Waals surface area contributed by atoms with Gasteiger partial charge in [0.25, 0.3) is 5.91 Å². The molecule has 2 aromatic rings. The lowest BCUT2D eigenvalue weighted by molar-refractivity contribution is -0.123. The van der Waals surface area contributed by atoms with Crippen LogP contribution in [0.4, 0.5) is 5.82 Å². The Labute approximate surface area is 134 Å². The molecule has 0 atom stereocenters. The van der Waals surface area contributed by atoms with Crippen LogP contribution >= 0.6 is 0 Å². The third-order valence-electron chi connectivity index (χ3n) is 2.94. The summed E-state index contributed by atoms with van der Waals surface area (Å²) in [7, 11) is 0. The molecule has 0 aliphatic heterocycles. The molecule has 0 radical (unpaired) electrons. The van der Waals surface area contributed by atoms with E-state index in [0.717, 1.165) is 5.69 Å². The number of nitrogens with zero attached hydrogens (tertiary/aromatic N) is 1. The molecule has 1 heterocycles. The number of aromatic nitrogens is 1. The first-order valence-corrected chi connectivity index (χ1v) is 7.31. The van der Waals surface area contributed by atoms with Gasteiger partial charge in [-0.05, 0) is 31.2 Å². The van der Waals surface area contributed by atoms with Crippen molar-refractivity contribution in [1.82, 2.24) is 10.3 Å². The summed E-state index contributed by atoms with van der Waals surface area (Å²) < 4.78 is 5.31. The molecule has 0 saturated carbocycles. The lowest BCUT2D eigenvalue weighted by atomic mass is 10.3. The van der Waals surface area contributed by atoms with Crippen molar-refractivity contribution in [3.63, 3.8) is 0 Å². The van der Waals surface area contributed by atoms with Gasteiger partial charge in [-0.1, -0.05) is 24.3 Å². The van der Waals surface area contributed by atoms with E-state index in [1.54, 1.807) is 18.2 Å². The lowest BCUT2D eigenvalue weighted by Crippen LogP contribution is -2.31. The zero-order valence-electron chi connectivity index (χ0n) is 12.9. The number of nitrogens with one attached hydrogen (secondary N) is 2. The number of carbonyl (C=O) groups is 2. The molecule has 120 valence electrons. The molecule has 6 nitrogen and oxygen atoms in total. The molecule has 0 aliphatic rings. The highest BCUT2D eigenvalue weighted by atomic mass is 16.5. The summed E-state index contributed by atoms with van der Waals surface area (Å²) in [4.78, 5) is 27.6. The molecule has 0 saturated heterocycles. The molecule has 2 amide bonds. The van der Waals surface area contributed by atoms with Gasteiger partial charge >= 0.3 is 0 Å². The lowest BCUT2D eigenvalue weighted by Gasteiger charge is -2.08. The van der Waals surface area contributed by atoms with Gasteiger partial charge in [0.2, 0.25) is 5.91 Å². The molecular weight excluding hydrogens is 294 g/mol. The second-order valence-electron chi connectivity index (χ2n) is 4.91. The Morgan fingerprint density at radius 3 is 2.57 bits per heavy atom. The SMILES string of the molecule is Cc1cccc(NC(=O)CCNC(=O)COc2ccccc2)n1. The number of carbonyl (C=O) groups excluding carboxylic acids is 2. The van der Waals surface area contributed by atoms with Crippen LogP contribution in [-0.2, 0) is 9.59 Å². The summed E-state index contributed by atoms with van der Waals surface area (Å²) in [6, 6.07) is 14.5. The predicted molar refractivity (Wildman–Crippen MR) is 87.2 cm³/mol. The number of amides is 2. The van der Waals surface area contributed by atoms with Gasteiger partial charge in [0.05, 0.1) is 0 Å². The molecular formula is C17H19N3O3. The second-order valence-corrected chi connectivity index (χ2v) is 4.91. The van der Waals surface area contributed by atoms with E-state index in [4.69, 9.17) is 4.74 Å². The second kappa shape index (κ2) is 8.53.